The molecule has 0 atom stereocenters. The highest BCUT2D eigenvalue weighted by atomic mass is 16.1. The van der Waals surface area contributed by atoms with E-state index in [9.17, 15) is 4.79 Å². The Balaban J connectivity index is 1.59. The number of fused-ring (bicyclic) bond motifs is 1. The lowest BCUT2D eigenvalue weighted by Gasteiger charge is -2.22. The fourth-order valence-electron chi connectivity index (χ4n) is 3.42. The lowest BCUT2D eigenvalue weighted by atomic mass is 9.95. The summed E-state index contributed by atoms with van der Waals surface area (Å²) < 4.78 is 2.14. The van der Waals surface area contributed by atoms with Gasteiger partial charge in [-0.2, -0.15) is 0 Å². The molecule has 21 heavy (non-hydrogen) atoms. The third kappa shape index (κ3) is 3.29. The molecule has 1 saturated carbocycles. The zero-order chi connectivity index (χ0) is 14.7. The van der Waals surface area contributed by atoms with Crippen molar-refractivity contribution in [2.45, 2.75) is 51.0 Å². The van der Waals surface area contributed by atoms with Crippen molar-refractivity contribution in [1.29, 1.82) is 0 Å². The Hall–Kier alpha value is -1.77. The van der Waals surface area contributed by atoms with Crippen LogP contribution in [-0.2, 0) is 18.3 Å². The number of nitrogens with one attached hydrogen (secondary N) is 1. The Bertz CT molecular complexity index is 623. The number of aromatic nitrogens is 1. The highest BCUT2D eigenvalue weighted by Crippen LogP contribution is 2.22. The lowest BCUT2D eigenvalue weighted by Crippen LogP contribution is -2.36. The number of benzene rings is 1. The maximum atomic E-state index is 12.1. The van der Waals surface area contributed by atoms with Gasteiger partial charge in [0, 0.05) is 36.6 Å². The third-order valence-electron chi connectivity index (χ3n) is 4.57. The monoisotopic (exact) mass is 284 g/mol. The second-order valence-electron chi connectivity index (χ2n) is 6.18. The number of hydrogen-bond donors (Lipinski definition) is 1. The van der Waals surface area contributed by atoms with Crippen molar-refractivity contribution in [2.24, 2.45) is 7.05 Å². The molecule has 2 aromatic rings. The number of amides is 1. The molecule has 1 fully saturated rings. The average molecular weight is 284 g/mol. The summed E-state index contributed by atoms with van der Waals surface area (Å²) in [6.07, 6.45) is 9.70. The van der Waals surface area contributed by atoms with Gasteiger partial charge >= 0.3 is 0 Å². The van der Waals surface area contributed by atoms with E-state index < -0.39 is 0 Å². The van der Waals surface area contributed by atoms with E-state index in [1.54, 1.807) is 0 Å². The van der Waals surface area contributed by atoms with Crippen LogP contribution in [-0.4, -0.2) is 16.5 Å². The van der Waals surface area contributed by atoms with Gasteiger partial charge in [0.2, 0.25) is 5.91 Å². The molecular formula is C18H24N2O. The minimum atomic E-state index is 0.204. The van der Waals surface area contributed by atoms with Crippen LogP contribution >= 0.6 is 0 Å². The normalized spacial score (nSPS) is 16.2. The minimum absolute atomic E-state index is 0.204. The van der Waals surface area contributed by atoms with Crippen LogP contribution in [0.2, 0.25) is 0 Å². The molecule has 1 aliphatic rings. The van der Waals surface area contributed by atoms with Crippen LogP contribution in [0.5, 0.6) is 0 Å². The van der Waals surface area contributed by atoms with Crippen LogP contribution < -0.4 is 5.32 Å². The van der Waals surface area contributed by atoms with E-state index >= 15 is 0 Å². The average Bonchev–Trinajstić information content (AvgIpc) is 2.83. The smallest absolute Gasteiger partial charge is 0.220 e. The van der Waals surface area contributed by atoms with Crippen LogP contribution in [0.4, 0.5) is 0 Å². The van der Waals surface area contributed by atoms with Gasteiger partial charge in [0.1, 0.15) is 0 Å². The van der Waals surface area contributed by atoms with Crippen molar-refractivity contribution in [3.8, 4) is 0 Å². The fourth-order valence-corrected chi connectivity index (χ4v) is 3.42. The van der Waals surface area contributed by atoms with Gasteiger partial charge in [0.05, 0.1) is 0 Å². The first-order valence-electron chi connectivity index (χ1n) is 8.06. The summed E-state index contributed by atoms with van der Waals surface area (Å²) in [5.74, 6) is 0.204. The predicted molar refractivity (Wildman–Crippen MR) is 86.3 cm³/mol. The molecule has 1 aliphatic carbocycles. The van der Waals surface area contributed by atoms with Gasteiger partial charge in [-0.25, -0.2) is 0 Å². The second-order valence-corrected chi connectivity index (χ2v) is 6.18. The zero-order valence-electron chi connectivity index (χ0n) is 12.8. The number of carbonyl (C=O) groups is 1. The zero-order valence-corrected chi connectivity index (χ0v) is 12.8. The molecule has 3 heteroatoms. The predicted octanol–water partition coefficient (Wildman–Crippen LogP) is 3.56. The van der Waals surface area contributed by atoms with Gasteiger partial charge < -0.3 is 9.88 Å². The molecule has 1 aromatic heterocycles. The Morgan fingerprint density at radius 3 is 2.81 bits per heavy atom. The van der Waals surface area contributed by atoms with Gasteiger partial charge in [-0.15, -0.1) is 0 Å². The van der Waals surface area contributed by atoms with E-state index in [0.717, 1.165) is 19.3 Å². The van der Waals surface area contributed by atoms with Gasteiger partial charge in [-0.3, -0.25) is 4.79 Å². The van der Waals surface area contributed by atoms with Crippen molar-refractivity contribution < 1.29 is 4.79 Å². The molecular weight excluding hydrogens is 260 g/mol. The van der Waals surface area contributed by atoms with Gasteiger partial charge in [-0.1, -0.05) is 37.5 Å². The highest BCUT2D eigenvalue weighted by molar-refractivity contribution is 5.85. The molecule has 0 saturated heterocycles. The second kappa shape index (κ2) is 6.33. The first-order valence-corrected chi connectivity index (χ1v) is 8.06. The van der Waals surface area contributed by atoms with E-state index in [-0.39, 0.29) is 5.91 Å². The fraction of sp³-hybridized carbons (Fsp3) is 0.500. The van der Waals surface area contributed by atoms with E-state index in [2.05, 4.69) is 47.4 Å². The van der Waals surface area contributed by atoms with E-state index in [4.69, 9.17) is 0 Å². The molecule has 112 valence electrons. The van der Waals surface area contributed by atoms with E-state index in [1.807, 2.05) is 0 Å². The van der Waals surface area contributed by atoms with Gasteiger partial charge in [0.15, 0.2) is 0 Å². The first kappa shape index (κ1) is 14.2. The van der Waals surface area contributed by atoms with Crippen LogP contribution in [0.25, 0.3) is 10.9 Å². The highest BCUT2D eigenvalue weighted by Gasteiger charge is 2.16. The van der Waals surface area contributed by atoms with E-state index in [0.29, 0.717) is 12.5 Å². The first-order chi connectivity index (χ1) is 10.2. The number of carbonyl (C=O) groups excluding carboxylic acids is 1. The van der Waals surface area contributed by atoms with Gasteiger partial charge in [-0.05, 0) is 30.9 Å². The summed E-state index contributed by atoms with van der Waals surface area (Å²) in [5, 5.41) is 4.47. The molecule has 0 aliphatic heterocycles. The molecule has 1 N–H and O–H groups in total. The summed E-state index contributed by atoms with van der Waals surface area (Å²) in [6, 6.07) is 8.80. The van der Waals surface area contributed by atoms with Crippen LogP contribution in [0.3, 0.4) is 0 Å². The molecule has 0 unspecified atom stereocenters. The van der Waals surface area contributed by atoms with Crippen molar-refractivity contribution in [3.05, 3.63) is 36.0 Å². The van der Waals surface area contributed by atoms with Crippen LogP contribution in [0, 0.1) is 0 Å². The molecule has 1 amide bonds. The summed E-state index contributed by atoms with van der Waals surface area (Å²) in [4.78, 5) is 12.1. The molecule has 0 bridgehead atoms. The van der Waals surface area contributed by atoms with Crippen LogP contribution in [0.15, 0.2) is 30.5 Å². The Labute approximate surface area is 126 Å². The van der Waals surface area contributed by atoms with Gasteiger partial charge in [0.25, 0.3) is 0 Å². The summed E-state index contributed by atoms with van der Waals surface area (Å²) in [7, 11) is 2.06. The third-order valence-corrected chi connectivity index (χ3v) is 4.57. The molecule has 1 heterocycles. The van der Waals surface area contributed by atoms with Crippen LogP contribution in [0.1, 0.15) is 44.1 Å². The number of rotatable bonds is 4. The molecule has 0 spiro atoms. The van der Waals surface area contributed by atoms with Crippen molar-refractivity contribution in [3.63, 3.8) is 0 Å². The Kier molecular flexibility index (Phi) is 4.28. The molecule has 3 nitrogen and oxygen atoms in total. The minimum Gasteiger partial charge on any atom is -0.353 e. The maximum Gasteiger partial charge on any atom is 0.220 e. The number of aryl methyl sites for hydroxylation is 2. The summed E-state index contributed by atoms with van der Waals surface area (Å²) in [5.41, 5.74) is 2.51. The SMILES string of the molecule is Cn1cc(CCC(=O)NC2CCCCC2)c2ccccc21. The topological polar surface area (TPSA) is 34.0 Å². The Morgan fingerprint density at radius 1 is 1.24 bits per heavy atom. The lowest BCUT2D eigenvalue weighted by molar-refractivity contribution is -0.121. The molecule has 1 aromatic carbocycles. The number of para-hydroxylation sites is 1. The van der Waals surface area contributed by atoms with Crippen molar-refractivity contribution in [1.82, 2.24) is 9.88 Å². The standard InChI is InChI=1S/C18H24N2O/c1-20-13-14(16-9-5-6-10-17(16)20)11-12-18(21)19-15-7-3-2-4-8-15/h5-6,9-10,13,15H,2-4,7-8,11-12H2,1H3,(H,19,21). The quantitative estimate of drug-likeness (QED) is 0.915. The summed E-state index contributed by atoms with van der Waals surface area (Å²) >= 11 is 0. The molecule has 3 rings (SSSR count). The number of hydrogen-bond acceptors (Lipinski definition) is 1. The van der Waals surface area contributed by atoms with Crippen molar-refractivity contribution >= 4 is 16.8 Å². The maximum absolute atomic E-state index is 12.1. The molecule has 0 radical (unpaired) electrons. The van der Waals surface area contributed by atoms with Crippen molar-refractivity contribution in [2.75, 3.05) is 0 Å². The number of nitrogens with zero attached hydrogens (tertiary/aromatic N) is 1. The summed E-state index contributed by atoms with van der Waals surface area (Å²) in [6.45, 7) is 0. The largest absolute Gasteiger partial charge is 0.353 e. The Morgan fingerprint density at radius 2 is 2.00 bits per heavy atom. The van der Waals surface area contributed by atoms with E-state index in [1.165, 1.54) is 35.7 Å².